The number of hydrogen-bond donors (Lipinski definition) is 1. The third-order valence-electron chi connectivity index (χ3n) is 4.44. The van der Waals surface area contributed by atoms with Crippen molar-refractivity contribution in [1.82, 2.24) is 14.9 Å². The minimum atomic E-state index is -4.50. The average Bonchev–Trinajstić information content (AvgIpc) is 2.74. The lowest BCUT2D eigenvalue weighted by Crippen LogP contribution is -2.38. The molecule has 0 saturated heterocycles. The molecule has 1 aromatic heterocycles. The molecule has 0 bridgehead atoms. The maximum absolute atomic E-state index is 13.1. The number of halogens is 3. The molecule has 1 amide bonds. The molecule has 31 heavy (non-hydrogen) atoms. The Kier molecular flexibility index (Phi) is 6.89. The predicted molar refractivity (Wildman–Crippen MR) is 112 cm³/mol. The lowest BCUT2D eigenvalue weighted by Gasteiger charge is -2.17. The van der Waals surface area contributed by atoms with E-state index in [0.29, 0.717) is 16.7 Å². The number of methoxy groups -OCH3 is 1. The summed E-state index contributed by atoms with van der Waals surface area (Å²) in [6.07, 6.45) is -4.50. The van der Waals surface area contributed by atoms with E-state index in [-0.39, 0.29) is 17.3 Å². The van der Waals surface area contributed by atoms with Crippen LogP contribution in [0.15, 0.2) is 58.5 Å². The van der Waals surface area contributed by atoms with E-state index in [1.807, 2.05) is 5.32 Å². The first-order chi connectivity index (χ1) is 14.7. The summed E-state index contributed by atoms with van der Waals surface area (Å²) in [5, 5.41) is 1.63. The summed E-state index contributed by atoms with van der Waals surface area (Å²) >= 11 is 0.933. The number of carbonyl (C=O) groups is 1. The lowest BCUT2D eigenvalue weighted by molar-refractivity contribution is -0.137. The molecule has 0 saturated carbocycles. The summed E-state index contributed by atoms with van der Waals surface area (Å²) in [6, 6.07) is 13.9. The highest BCUT2D eigenvalue weighted by molar-refractivity contribution is 8.00. The molecule has 0 aliphatic rings. The molecule has 2 aromatic carbocycles. The molecule has 3 rings (SSSR count). The number of nitrogens with one attached hydrogen (secondary N) is 1. The van der Waals surface area contributed by atoms with E-state index in [1.54, 1.807) is 55.6 Å². The smallest absolute Gasteiger partial charge is 0.405 e. The highest BCUT2D eigenvalue weighted by atomic mass is 32.2. The van der Waals surface area contributed by atoms with Gasteiger partial charge in [-0.25, -0.2) is 4.98 Å². The zero-order valence-electron chi connectivity index (χ0n) is 16.8. The van der Waals surface area contributed by atoms with E-state index < -0.39 is 23.9 Å². The van der Waals surface area contributed by atoms with E-state index in [1.165, 1.54) is 11.5 Å². The Bertz CT molecular complexity index is 1130. The van der Waals surface area contributed by atoms with Crippen molar-refractivity contribution in [3.05, 3.63) is 64.4 Å². The second-order valence-corrected chi connectivity index (χ2v) is 8.05. The molecule has 0 aliphatic heterocycles. The van der Waals surface area contributed by atoms with Crippen LogP contribution in [-0.4, -0.2) is 40.5 Å². The monoisotopic (exact) mass is 451 g/mol. The third kappa shape index (κ3) is 5.78. The second-order valence-electron chi connectivity index (χ2n) is 6.74. The Morgan fingerprint density at radius 1 is 1.19 bits per heavy atom. The number of aromatic nitrogens is 2. The van der Waals surface area contributed by atoms with Crippen LogP contribution in [0.5, 0.6) is 5.75 Å². The van der Waals surface area contributed by atoms with Gasteiger partial charge in [0.15, 0.2) is 5.16 Å². The van der Waals surface area contributed by atoms with Crippen molar-refractivity contribution >= 4 is 28.6 Å². The van der Waals surface area contributed by atoms with Crippen LogP contribution >= 0.6 is 11.8 Å². The van der Waals surface area contributed by atoms with E-state index in [0.717, 1.165) is 17.3 Å². The maximum atomic E-state index is 13.1. The van der Waals surface area contributed by atoms with Crippen LogP contribution in [0.2, 0.25) is 0 Å². The van der Waals surface area contributed by atoms with Gasteiger partial charge >= 0.3 is 6.18 Å². The molecule has 10 heteroatoms. The molecule has 1 N–H and O–H groups in total. The molecule has 1 heterocycles. The fourth-order valence-electron chi connectivity index (χ4n) is 2.83. The van der Waals surface area contributed by atoms with Crippen LogP contribution in [0.1, 0.15) is 12.5 Å². The average molecular weight is 451 g/mol. The quantitative estimate of drug-likeness (QED) is 0.439. The molecular weight excluding hydrogens is 431 g/mol. The molecule has 0 spiro atoms. The first-order valence-corrected chi connectivity index (χ1v) is 10.2. The summed E-state index contributed by atoms with van der Waals surface area (Å²) in [5.74, 6) is -0.127. The van der Waals surface area contributed by atoms with Gasteiger partial charge in [0, 0.05) is 0 Å². The van der Waals surface area contributed by atoms with Crippen molar-refractivity contribution in [2.24, 2.45) is 0 Å². The van der Waals surface area contributed by atoms with E-state index >= 15 is 0 Å². The Labute approximate surface area is 180 Å². The van der Waals surface area contributed by atoms with Gasteiger partial charge in [-0.15, -0.1) is 0 Å². The number of alkyl halides is 3. The topological polar surface area (TPSA) is 73.2 Å². The van der Waals surface area contributed by atoms with Gasteiger partial charge in [0.25, 0.3) is 5.56 Å². The van der Waals surface area contributed by atoms with E-state index in [4.69, 9.17) is 4.74 Å². The Hall–Kier alpha value is -3.01. The fourth-order valence-corrected chi connectivity index (χ4v) is 3.77. The van der Waals surface area contributed by atoms with Crippen molar-refractivity contribution in [3.63, 3.8) is 0 Å². The number of carbonyl (C=O) groups excluding carboxylic acids is 1. The van der Waals surface area contributed by atoms with Gasteiger partial charge in [0.1, 0.15) is 12.3 Å². The third-order valence-corrected chi connectivity index (χ3v) is 5.53. The van der Waals surface area contributed by atoms with Crippen molar-refractivity contribution in [2.45, 2.75) is 30.1 Å². The largest absolute Gasteiger partial charge is 0.497 e. The molecule has 164 valence electrons. The standard InChI is InChI=1S/C21H20F3N3O3S/c1-13(18(28)25-12-21(22,23)24)31-20-26-17-6-4-3-5-16(17)19(29)27(20)11-14-7-9-15(30-2)10-8-14/h3-10,13H,11-12H2,1-2H3,(H,25,28). The van der Waals surface area contributed by atoms with Crippen LogP contribution in [0.3, 0.4) is 0 Å². The molecule has 6 nitrogen and oxygen atoms in total. The van der Waals surface area contributed by atoms with Gasteiger partial charge in [0.2, 0.25) is 5.91 Å². The number of hydrogen-bond acceptors (Lipinski definition) is 5. The zero-order chi connectivity index (χ0) is 22.6. The molecule has 0 fully saturated rings. The minimum absolute atomic E-state index is 0.180. The van der Waals surface area contributed by atoms with E-state index in [2.05, 4.69) is 4.98 Å². The Morgan fingerprint density at radius 2 is 1.87 bits per heavy atom. The number of benzene rings is 2. The summed E-state index contributed by atoms with van der Waals surface area (Å²) in [7, 11) is 1.55. The van der Waals surface area contributed by atoms with Gasteiger partial charge in [-0.1, -0.05) is 36.0 Å². The van der Waals surface area contributed by atoms with Crippen LogP contribution < -0.4 is 15.6 Å². The molecule has 1 atom stereocenters. The van der Waals surface area contributed by atoms with Crippen molar-refractivity contribution in [1.29, 1.82) is 0 Å². The van der Waals surface area contributed by atoms with Crippen molar-refractivity contribution in [2.75, 3.05) is 13.7 Å². The molecular formula is C21H20F3N3O3S. The molecule has 0 aliphatic carbocycles. The highest BCUT2D eigenvalue weighted by Crippen LogP contribution is 2.24. The first-order valence-electron chi connectivity index (χ1n) is 9.31. The zero-order valence-corrected chi connectivity index (χ0v) is 17.6. The van der Waals surface area contributed by atoms with Crippen LogP contribution in [-0.2, 0) is 11.3 Å². The molecule has 1 unspecified atom stereocenters. The number of nitrogens with zero attached hydrogens (tertiary/aromatic N) is 2. The summed E-state index contributed by atoms with van der Waals surface area (Å²) < 4.78 is 43.8. The normalized spacial score (nSPS) is 12.5. The van der Waals surface area contributed by atoms with Crippen LogP contribution in [0, 0.1) is 0 Å². The fraction of sp³-hybridized carbons (Fsp3) is 0.286. The first kappa shape index (κ1) is 22.7. The molecule has 3 aromatic rings. The van der Waals surface area contributed by atoms with Crippen molar-refractivity contribution in [3.8, 4) is 5.75 Å². The number of thioether (sulfide) groups is 1. The number of rotatable bonds is 7. The number of amides is 1. The number of fused-ring (bicyclic) bond motifs is 1. The van der Waals surface area contributed by atoms with Crippen LogP contribution in [0.4, 0.5) is 13.2 Å². The summed E-state index contributed by atoms with van der Waals surface area (Å²) in [4.78, 5) is 29.7. The SMILES string of the molecule is COc1ccc(Cn2c(SC(C)C(=O)NCC(F)(F)F)nc3ccccc3c2=O)cc1. The van der Waals surface area contributed by atoms with Gasteiger partial charge in [0.05, 0.1) is 29.8 Å². The number of ether oxygens (including phenoxy) is 1. The summed E-state index contributed by atoms with van der Waals surface area (Å²) in [5.41, 5.74) is 0.951. The minimum Gasteiger partial charge on any atom is -0.497 e. The van der Waals surface area contributed by atoms with E-state index in [9.17, 15) is 22.8 Å². The maximum Gasteiger partial charge on any atom is 0.405 e. The van der Waals surface area contributed by atoms with Gasteiger partial charge < -0.3 is 10.1 Å². The van der Waals surface area contributed by atoms with Crippen molar-refractivity contribution < 1.29 is 22.7 Å². The second kappa shape index (κ2) is 9.42. The number of para-hydroxylation sites is 1. The lowest BCUT2D eigenvalue weighted by atomic mass is 10.2. The van der Waals surface area contributed by atoms with Gasteiger partial charge in [-0.05, 0) is 36.8 Å². The van der Waals surface area contributed by atoms with Gasteiger partial charge in [-0.3, -0.25) is 14.2 Å². The predicted octanol–water partition coefficient (Wildman–Crippen LogP) is 3.61. The molecule has 0 radical (unpaired) electrons. The Morgan fingerprint density at radius 3 is 2.52 bits per heavy atom. The summed E-state index contributed by atoms with van der Waals surface area (Å²) in [6.45, 7) is 0.232. The highest BCUT2D eigenvalue weighted by Gasteiger charge is 2.29. The Balaban J connectivity index is 1.93. The van der Waals surface area contributed by atoms with Gasteiger partial charge in [-0.2, -0.15) is 13.2 Å². The van der Waals surface area contributed by atoms with Crippen LogP contribution in [0.25, 0.3) is 10.9 Å².